The van der Waals surface area contributed by atoms with E-state index in [0.29, 0.717) is 17.7 Å². The molecule has 0 N–H and O–H groups in total. The van der Waals surface area contributed by atoms with Crippen molar-refractivity contribution in [2.45, 2.75) is 70.6 Å². The molecule has 2 aliphatic heterocycles. The van der Waals surface area contributed by atoms with Crippen molar-refractivity contribution in [2.75, 3.05) is 0 Å². The van der Waals surface area contributed by atoms with Crippen molar-refractivity contribution in [1.82, 2.24) is 9.47 Å². The lowest BCUT2D eigenvalue weighted by atomic mass is 9.92. The highest BCUT2D eigenvalue weighted by atomic mass is 28.3. The van der Waals surface area contributed by atoms with Gasteiger partial charge in [0.2, 0.25) is 5.91 Å². The Balaban J connectivity index is 1.67. The highest BCUT2D eigenvalue weighted by Crippen LogP contribution is 2.46. The van der Waals surface area contributed by atoms with Gasteiger partial charge in [-0.2, -0.15) is 0 Å². The first-order valence-electron chi connectivity index (χ1n) is 11.4. The number of rotatable bonds is 6. The molecule has 0 spiro atoms. The lowest BCUT2D eigenvalue weighted by Gasteiger charge is -2.60. The van der Waals surface area contributed by atoms with Crippen LogP contribution in [-0.4, -0.2) is 53.6 Å². The predicted octanol–water partition coefficient (Wildman–Crippen LogP) is 4.47. The molecule has 3 atom stereocenters. The van der Waals surface area contributed by atoms with E-state index in [1.54, 1.807) is 24.3 Å². The highest BCUT2D eigenvalue weighted by Gasteiger charge is 2.63. The van der Waals surface area contributed by atoms with Crippen molar-refractivity contribution in [3.8, 4) is 0 Å². The molecule has 1 saturated heterocycles. The van der Waals surface area contributed by atoms with Gasteiger partial charge in [-0.15, -0.1) is 0 Å². The van der Waals surface area contributed by atoms with Gasteiger partial charge in [0.05, 0.1) is 29.9 Å². The number of nitrogens with zero attached hydrogens (tertiary/aromatic N) is 2. The normalized spacial score (nSPS) is 21.8. The van der Waals surface area contributed by atoms with Gasteiger partial charge in [0.15, 0.2) is 8.24 Å². The van der Waals surface area contributed by atoms with Crippen molar-refractivity contribution in [3.63, 3.8) is 0 Å². The number of carbonyl (C=O) groups is 3. The van der Waals surface area contributed by atoms with Crippen LogP contribution in [0.5, 0.6) is 0 Å². The summed E-state index contributed by atoms with van der Waals surface area (Å²) in [4.78, 5) is 41.2. The number of hydrogen-bond acceptors (Lipinski definition) is 4. The lowest BCUT2D eigenvalue weighted by molar-refractivity contribution is -0.156. The molecule has 174 valence electrons. The molecule has 0 bridgehead atoms. The van der Waals surface area contributed by atoms with E-state index in [0.717, 1.165) is 5.56 Å². The molecule has 4 rings (SSSR count). The molecule has 2 aromatic carbocycles. The van der Waals surface area contributed by atoms with Crippen LogP contribution < -0.4 is 0 Å². The molecule has 0 saturated carbocycles. The molecule has 1 fully saturated rings. The SMILES string of the molecule is C[C@@H](OCc1ccccc1)[C@@H]1[C@@H](N2C(=O)c3ccccc3C2=O)C(=O)N1[Si](C)(C)C(C)(C)C. The fraction of sp³-hybridized carbons (Fsp3) is 0.423. The van der Waals surface area contributed by atoms with Crippen LogP contribution in [0.4, 0.5) is 0 Å². The van der Waals surface area contributed by atoms with Gasteiger partial charge in [0.25, 0.3) is 11.8 Å². The minimum Gasteiger partial charge on any atom is -0.372 e. The van der Waals surface area contributed by atoms with Crippen LogP contribution in [0.3, 0.4) is 0 Å². The molecular weight excluding hydrogens is 432 g/mol. The number of β-lactam (4-membered cyclic amide) rings is 1. The smallest absolute Gasteiger partial charge is 0.262 e. The maximum absolute atomic E-state index is 13.6. The van der Waals surface area contributed by atoms with Gasteiger partial charge in [-0.1, -0.05) is 76.3 Å². The largest absolute Gasteiger partial charge is 0.372 e. The molecule has 2 aromatic rings. The molecule has 2 heterocycles. The monoisotopic (exact) mass is 464 g/mol. The van der Waals surface area contributed by atoms with E-state index in [9.17, 15) is 14.4 Å². The minimum absolute atomic E-state index is 0.0903. The van der Waals surface area contributed by atoms with Crippen molar-refractivity contribution in [3.05, 3.63) is 71.3 Å². The van der Waals surface area contributed by atoms with Crippen molar-refractivity contribution < 1.29 is 19.1 Å². The summed E-state index contributed by atoms with van der Waals surface area (Å²) in [6.45, 7) is 13.1. The first kappa shape index (κ1) is 23.4. The average molecular weight is 465 g/mol. The summed E-state index contributed by atoms with van der Waals surface area (Å²) in [6, 6.07) is 15.4. The van der Waals surface area contributed by atoms with E-state index in [1.165, 1.54) is 4.90 Å². The number of ether oxygens (including phenoxy) is 1. The first-order chi connectivity index (χ1) is 15.5. The Kier molecular flexibility index (Phi) is 5.83. The number of amides is 3. The summed E-state index contributed by atoms with van der Waals surface area (Å²) in [5.74, 6) is -0.954. The quantitative estimate of drug-likeness (QED) is 0.359. The van der Waals surface area contributed by atoms with Crippen molar-refractivity contribution >= 4 is 26.0 Å². The third-order valence-corrected chi connectivity index (χ3v) is 12.9. The zero-order valence-corrected chi connectivity index (χ0v) is 21.2. The molecule has 33 heavy (non-hydrogen) atoms. The molecule has 7 heteroatoms. The van der Waals surface area contributed by atoms with E-state index in [4.69, 9.17) is 4.74 Å². The Bertz CT molecular complexity index is 1060. The summed E-state index contributed by atoms with van der Waals surface area (Å²) >= 11 is 0. The van der Waals surface area contributed by atoms with E-state index in [1.807, 2.05) is 41.8 Å². The Hall–Kier alpha value is -2.77. The van der Waals surface area contributed by atoms with E-state index in [-0.39, 0.29) is 23.1 Å². The Labute approximate surface area is 196 Å². The predicted molar refractivity (Wildman–Crippen MR) is 129 cm³/mol. The van der Waals surface area contributed by atoms with Gasteiger partial charge in [-0.25, -0.2) is 0 Å². The Morgan fingerprint density at radius 1 is 0.909 bits per heavy atom. The topological polar surface area (TPSA) is 66.9 Å². The fourth-order valence-electron chi connectivity index (χ4n) is 4.59. The van der Waals surface area contributed by atoms with E-state index in [2.05, 4.69) is 33.9 Å². The molecule has 0 aromatic heterocycles. The lowest BCUT2D eigenvalue weighted by Crippen LogP contribution is -2.81. The van der Waals surface area contributed by atoms with Gasteiger partial charge in [-0.3, -0.25) is 19.3 Å². The number of hydrogen-bond donors (Lipinski definition) is 0. The summed E-state index contributed by atoms with van der Waals surface area (Å²) in [5.41, 5.74) is 1.75. The highest BCUT2D eigenvalue weighted by molar-refractivity contribution is 6.80. The molecule has 3 amide bonds. The summed E-state index contributed by atoms with van der Waals surface area (Å²) < 4.78 is 8.19. The van der Waals surface area contributed by atoms with Crippen LogP contribution in [0.1, 0.15) is 54.0 Å². The molecule has 0 radical (unpaired) electrons. The van der Waals surface area contributed by atoms with Gasteiger partial charge >= 0.3 is 0 Å². The fourth-order valence-corrected chi connectivity index (χ4v) is 7.10. The van der Waals surface area contributed by atoms with Crippen molar-refractivity contribution in [1.29, 1.82) is 0 Å². The van der Waals surface area contributed by atoms with Gasteiger partial charge in [0.1, 0.15) is 6.04 Å². The minimum atomic E-state index is -2.28. The van der Waals surface area contributed by atoms with Gasteiger partial charge in [-0.05, 0) is 29.7 Å². The van der Waals surface area contributed by atoms with Crippen LogP contribution in [-0.2, 0) is 16.1 Å². The Morgan fingerprint density at radius 2 is 1.42 bits per heavy atom. The molecule has 2 aliphatic rings. The van der Waals surface area contributed by atoms with Crippen LogP contribution in [0.2, 0.25) is 18.1 Å². The van der Waals surface area contributed by atoms with Crippen LogP contribution >= 0.6 is 0 Å². The number of fused-ring (bicyclic) bond motifs is 1. The first-order valence-corrected chi connectivity index (χ1v) is 14.4. The van der Waals surface area contributed by atoms with Crippen LogP contribution in [0.25, 0.3) is 0 Å². The van der Waals surface area contributed by atoms with Crippen LogP contribution in [0.15, 0.2) is 54.6 Å². The number of imide groups is 1. The second kappa shape index (κ2) is 8.22. The molecule has 6 nitrogen and oxygen atoms in total. The third kappa shape index (κ3) is 3.73. The summed E-state index contributed by atoms with van der Waals surface area (Å²) in [6.07, 6.45) is -0.355. The average Bonchev–Trinajstić information content (AvgIpc) is 3.01. The number of benzene rings is 2. The van der Waals surface area contributed by atoms with E-state index < -0.39 is 26.1 Å². The summed E-state index contributed by atoms with van der Waals surface area (Å²) in [5, 5.41) is -0.0903. The molecular formula is C26H32N2O4Si. The molecule has 0 unspecified atom stereocenters. The Morgan fingerprint density at radius 3 is 1.94 bits per heavy atom. The standard InChI is InChI=1S/C26H32N2O4Si/c1-17(32-16-18-12-8-7-9-13-18)21-22(25(31)28(21)33(5,6)26(2,3)4)27-23(29)19-14-10-11-15-20(19)24(27)30/h7-15,17,21-22H,16H2,1-6H3/t17-,21-,22-/m1/s1. The second-order valence-corrected chi connectivity index (χ2v) is 15.6. The van der Waals surface area contributed by atoms with Gasteiger partial charge in [0, 0.05) is 0 Å². The zero-order valence-electron chi connectivity index (χ0n) is 20.2. The number of carbonyl (C=O) groups excluding carboxylic acids is 3. The maximum Gasteiger partial charge on any atom is 0.262 e. The summed E-state index contributed by atoms with van der Waals surface area (Å²) in [7, 11) is -2.28. The third-order valence-electron chi connectivity index (χ3n) is 7.49. The zero-order chi connectivity index (χ0) is 24.1. The molecule has 0 aliphatic carbocycles. The second-order valence-electron chi connectivity index (χ2n) is 10.5. The van der Waals surface area contributed by atoms with Gasteiger partial charge < -0.3 is 9.30 Å². The van der Waals surface area contributed by atoms with Crippen molar-refractivity contribution in [2.24, 2.45) is 0 Å². The maximum atomic E-state index is 13.6. The van der Waals surface area contributed by atoms with E-state index >= 15 is 0 Å². The van der Waals surface area contributed by atoms with Crippen LogP contribution in [0, 0.1) is 0 Å².